The zero-order valence-electron chi connectivity index (χ0n) is 16.4. The van der Waals surface area contributed by atoms with E-state index in [9.17, 15) is 26.4 Å². The molecule has 0 bridgehead atoms. The first kappa shape index (κ1) is 22.5. The van der Waals surface area contributed by atoms with Gasteiger partial charge in [0.25, 0.3) is 5.91 Å². The number of amidine groups is 1. The fourth-order valence-corrected chi connectivity index (χ4v) is 7.41. The lowest BCUT2D eigenvalue weighted by molar-refractivity contribution is -0.274. The molecule has 0 aromatic heterocycles. The number of nitrogens with zero attached hydrogens (tertiary/aromatic N) is 2. The smallest absolute Gasteiger partial charge is 0.484 e. The Morgan fingerprint density at radius 3 is 2.41 bits per heavy atom. The van der Waals surface area contributed by atoms with Crippen LogP contribution in [0.2, 0.25) is 0 Å². The molecule has 0 spiro atoms. The summed E-state index contributed by atoms with van der Waals surface area (Å²) in [4.78, 5) is 18.1. The van der Waals surface area contributed by atoms with Crippen LogP contribution in [0.3, 0.4) is 0 Å². The number of thioether (sulfide) groups is 1. The van der Waals surface area contributed by atoms with E-state index in [1.165, 1.54) is 12.1 Å². The summed E-state index contributed by atoms with van der Waals surface area (Å²) in [5.74, 6) is -0.683. The lowest BCUT2D eigenvalue weighted by atomic mass is 10.2. The van der Waals surface area contributed by atoms with Gasteiger partial charge in [0, 0.05) is 10.9 Å². The van der Waals surface area contributed by atoms with Gasteiger partial charge in [-0.2, -0.15) is 4.99 Å². The van der Waals surface area contributed by atoms with Gasteiger partial charge in [-0.15, -0.1) is 13.2 Å². The quantitative estimate of drug-likeness (QED) is 0.641. The number of ether oxygens (including phenoxy) is 2. The van der Waals surface area contributed by atoms with Gasteiger partial charge in [0.05, 0.1) is 17.5 Å². The van der Waals surface area contributed by atoms with Crippen LogP contribution in [0.4, 0.5) is 18.9 Å². The van der Waals surface area contributed by atoms with Gasteiger partial charge in [0.1, 0.15) is 11.5 Å². The molecule has 0 N–H and O–H groups in total. The molecule has 0 unspecified atom stereocenters. The molecule has 2 heterocycles. The molecule has 2 aliphatic heterocycles. The van der Waals surface area contributed by atoms with Gasteiger partial charge >= 0.3 is 6.36 Å². The van der Waals surface area contributed by atoms with E-state index < -0.39 is 33.9 Å². The van der Waals surface area contributed by atoms with Gasteiger partial charge in [0.2, 0.25) is 0 Å². The van der Waals surface area contributed by atoms with Crippen LogP contribution in [-0.4, -0.2) is 55.3 Å². The lowest BCUT2D eigenvalue weighted by Crippen LogP contribution is -2.37. The number of fused-ring (bicyclic) bond motifs is 1. The number of halogens is 3. The molecule has 12 heteroatoms. The summed E-state index contributed by atoms with van der Waals surface area (Å²) in [6.45, 7) is -0.312. The minimum Gasteiger partial charge on any atom is -0.484 e. The SMILES string of the molecule is O=C(COc1ccccc1)N=C1S[C@@H]2CS(=O)(=O)C[C@@H]2N1c1ccc(OC(F)(F)F)cc1. The van der Waals surface area contributed by atoms with Crippen molar-refractivity contribution in [3.63, 3.8) is 0 Å². The standard InChI is InChI=1S/C20H17F3N2O5S2/c21-20(22,23)30-15-8-6-13(7-9-15)25-16-11-32(27,28)12-17(16)31-19(25)24-18(26)10-29-14-4-2-1-3-5-14/h1-9,16-17H,10-12H2/t16-,17+/m0/s1. The number of amides is 1. The summed E-state index contributed by atoms with van der Waals surface area (Å²) >= 11 is 1.16. The van der Waals surface area contributed by atoms with Crippen LogP contribution in [0.5, 0.6) is 11.5 Å². The molecular formula is C20H17F3N2O5S2. The number of carbonyl (C=O) groups excluding carboxylic acids is 1. The van der Waals surface area contributed by atoms with Crippen LogP contribution < -0.4 is 14.4 Å². The van der Waals surface area contributed by atoms with Gasteiger partial charge in [0.15, 0.2) is 21.6 Å². The summed E-state index contributed by atoms with van der Waals surface area (Å²) in [7, 11) is -3.28. The summed E-state index contributed by atoms with van der Waals surface area (Å²) in [6.07, 6.45) is -4.83. The Balaban J connectivity index is 1.56. The number of hydrogen-bond donors (Lipinski definition) is 0. The fraction of sp³-hybridized carbons (Fsp3) is 0.300. The molecule has 2 aromatic carbocycles. The van der Waals surface area contributed by atoms with Gasteiger partial charge in [-0.3, -0.25) is 4.79 Å². The monoisotopic (exact) mass is 486 g/mol. The van der Waals surface area contributed by atoms with Crippen LogP contribution in [0.15, 0.2) is 59.6 Å². The van der Waals surface area contributed by atoms with Crippen molar-refractivity contribution in [2.45, 2.75) is 17.7 Å². The molecule has 2 aromatic rings. The maximum absolute atomic E-state index is 12.4. The number of rotatable bonds is 5. The van der Waals surface area contributed by atoms with Gasteiger partial charge in [-0.1, -0.05) is 30.0 Å². The summed E-state index contributed by atoms with van der Waals surface area (Å²) in [6, 6.07) is 13.2. The third kappa shape index (κ3) is 5.36. The van der Waals surface area contributed by atoms with Gasteiger partial charge < -0.3 is 14.4 Å². The summed E-state index contributed by atoms with van der Waals surface area (Å²) in [5, 5.41) is -0.0613. The lowest BCUT2D eigenvalue weighted by Gasteiger charge is -2.24. The number of hydrogen-bond acceptors (Lipinski definition) is 6. The van der Waals surface area contributed by atoms with E-state index in [0.717, 1.165) is 23.9 Å². The number of carbonyl (C=O) groups is 1. The normalized spacial score (nSPS) is 23.2. The van der Waals surface area contributed by atoms with E-state index in [1.807, 2.05) is 0 Å². The average Bonchev–Trinajstić information content (AvgIpc) is 3.17. The van der Waals surface area contributed by atoms with E-state index in [-0.39, 0.29) is 28.5 Å². The van der Waals surface area contributed by atoms with Crippen molar-refractivity contribution < 1.29 is 35.9 Å². The Bertz CT molecular complexity index is 1120. The molecule has 0 saturated carbocycles. The molecule has 0 aliphatic carbocycles. The Labute approximate surface area is 186 Å². The first-order valence-electron chi connectivity index (χ1n) is 9.41. The van der Waals surface area contributed by atoms with E-state index in [2.05, 4.69) is 9.73 Å². The van der Waals surface area contributed by atoms with Crippen LogP contribution in [-0.2, 0) is 14.6 Å². The summed E-state index contributed by atoms with van der Waals surface area (Å²) in [5.41, 5.74) is 0.409. The zero-order chi connectivity index (χ0) is 22.9. The minimum atomic E-state index is -4.83. The van der Waals surface area contributed by atoms with Gasteiger partial charge in [-0.25, -0.2) is 8.42 Å². The molecular weight excluding hydrogens is 469 g/mol. The molecule has 32 heavy (non-hydrogen) atoms. The highest BCUT2D eigenvalue weighted by Gasteiger charge is 2.49. The molecule has 2 saturated heterocycles. The number of benzene rings is 2. The van der Waals surface area contributed by atoms with E-state index >= 15 is 0 Å². The zero-order valence-corrected chi connectivity index (χ0v) is 18.0. The number of para-hydroxylation sites is 1. The number of alkyl halides is 3. The van der Waals surface area contributed by atoms with Crippen molar-refractivity contribution in [3.05, 3.63) is 54.6 Å². The predicted molar refractivity (Wildman–Crippen MR) is 114 cm³/mol. The second-order valence-electron chi connectivity index (χ2n) is 7.10. The largest absolute Gasteiger partial charge is 0.573 e. The third-order valence-electron chi connectivity index (χ3n) is 4.74. The topological polar surface area (TPSA) is 85.3 Å². The molecule has 2 aliphatic rings. The van der Waals surface area contributed by atoms with Crippen molar-refractivity contribution in [1.29, 1.82) is 0 Å². The molecule has 170 valence electrons. The van der Waals surface area contributed by atoms with Crippen molar-refractivity contribution in [1.82, 2.24) is 0 Å². The Morgan fingerprint density at radius 1 is 1.06 bits per heavy atom. The third-order valence-corrected chi connectivity index (χ3v) is 7.95. The Hall–Kier alpha value is -2.73. The van der Waals surface area contributed by atoms with Crippen molar-refractivity contribution >= 4 is 38.4 Å². The molecule has 2 atom stereocenters. The highest BCUT2D eigenvalue weighted by atomic mass is 32.2. The van der Waals surface area contributed by atoms with E-state index in [0.29, 0.717) is 11.4 Å². The second-order valence-corrected chi connectivity index (χ2v) is 10.5. The van der Waals surface area contributed by atoms with Crippen LogP contribution in [0.25, 0.3) is 0 Å². The first-order chi connectivity index (χ1) is 15.1. The maximum Gasteiger partial charge on any atom is 0.573 e. The molecule has 0 radical (unpaired) electrons. The number of aliphatic imine (C=N–C) groups is 1. The molecule has 1 amide bonds. The fourth-order valence-electron chi connectivity index (χ4n) is 3.48. The Kier molecular flexibility index (Phi) is 6.08. The molecule has 4 rings (SSSR count). The first-order valence-corrected chi connectivity index (χ1v) is 12.1. The molecule has 7 nitrogen and oxygen atoms in total. The van der Waals surface area contributed by atoms with Crippen LogP contribution in [0, 0.1) is 0 Å². The van der Waals surface area contributed by atoms with Crippen LogP contribution >= 0.6 is 11.8 Å². The van der Waals surface area contributed by atoms with Crippen molar-refractivity contribution in [3.8, 4) is 11.5 Å². The maximum atomic E-state index is 12.4. The highest BCUT2D eigenvalue weighted by molar-refractivity contribution is 8.16. The van der Waals surface area contributed by atoms with Crippen molar-refractivity contribution in [2.24, 2.45) is 4.99 Å². The Morgan fingerprint density at radius 2 is 1.75 bits per heavy atom. The van der Waals surface area contributed by atoms with Gasteiger partial charge in [-0.05, 0) is 36.4 Å². The number of sulfone groups is 1. The van der Waals surface area contributed by atoms with Crippen molar-refractivity contribution in [2.75, 3.05) is 23.0 Å². The number of anilines is 1. The predicted octanol–water partition coefficient (Wildman–Crippen LogP) is 3.27. The minimum absolute atomic E-state index is 0.0676. The van der Waals surface area contributed by atoms with E-state index in [1.54, 1.807) is 35.2 Å². The average molecular weight is 486 g/mol. The molecule has 2 fully saturated rings. The van der Waals surface area contributed by atoms with Crippen LogP contribution in [0.1, 0.15) is 0 Å². The summed E-state index contributed by atoms with van der Waals surface area (Å²) < 4.78 is 70.8. The highest BCUT2D eigenvalue weighted by Crippen LogP contribution is 2.41. The second kappa shape index (κ2) is 8.66. The van der Waals surface area contributed by atoms with E-state index in [4.69, 9.17) is 4.74 Å².